The van der Waals surface area contributed by atoms with Crippen LogP contribution >= 0.6 is 11.8 Å². The van der Waals surface area contributed by atoms with E-state index in [2.05, 4.69) is 40.0 Å². The molecule has 1 aliphatic carbocycles. The van der Waals surface area contributed by atoms with E-state index in [0.29, 0.717) is 12.1 Å². The van der Waals surface area contributed by atoms with E-state index in [1.165, 1.54) is 42.6 Å². The zero-order valence-corrected chi connectivity index (χ0v) is 14.7. The Bertz CT molecular complexity index is 654. The molecule has 1 saturated heterocycles. The molecule has 2 aliphatic heterocycles. The largest absolute Gasteiger partial charge is 0.376 e. The quantitative estimate of drug-likeness (QED) is 0.922. The zero-order valence-electron chi connectivity index (χ0n) is 13.8. The van der Waals surface area contributed by atoms with E-state index in [9.17, 15) is 0 Å². The Labute approximate surface area is 141 Å². The summed E-state index contributed by atoms with van der Waals surface area (Å²) in [6, 6.07) is 2.80. The Hall–Kier alpha value is -1.27. The molecule has 2 fully saturated rings. The summed E-state index contributed by atoms with van der Waals surface area (Å²) in [5.74, 6) is 0.892. The van der Waals surface area contributed by atoms with Crippen molar-refractivity contribution < 1.29 is 4.74 Å². The minimum absolute atomic E-state index is 0.366. The van der Waals surface area contributed by atoms with Crippen molar-refractivity contribution in [2.45, 2.75) is 58.2 Å². The number of aliphatic imine (C=N–C) groups is 1. The number of aryl methyl sites for hydroxylation is 1. The molecule has 124 valence electrons. The standard InChI is InChI=1S/C17H24N4OS/c1-11-8-15(12(2)21(11)9-14-4-3-7-22-14)16-10-23-17(20-19-16)18-13-5-6-13/h8,13-14H,3-7,9-10H2,1-2H3,(H,18,20)/t14-/m0/s1. The molecule has 5 nitrogen and oxygen atoms in total. The molecule has 0 unspecified atom stereocenters. The second kappa shape index (κ2) is 6.32. The predicted octanol–water partition coefficient (Wildman–Crippen LogP) is 2.84. The van der Waals surface area contributed by atoms with E-state index in [4.69, 9.17) is 4.74 Å². The van der Waals surface area contributed by atoms with Crippen LogP contribution in [0.15, 0.2) is 16.2 Å². The van der Waals surface area contributed by atoms with Gasteiger partial charge in [-0.2, -0.15) is 5.10 Å². The molecule has 0 radical (unpaired) electrons. The summed E-state index contributed by atoms with van der Waals surface area (Å²) in [6.07, 6.45) is 5.18. The summed E-state index contributed by atoms with van der Waals surface area (Å²) in [5, 5.41) is 5.56. The second-order valence-electron chi connectivity index (χ2n) is 6.65. The SMILES string of the molecule is Cc1cc(C2=NNC(=NC3CC3)SC2)c(C)n1C[C@@H]1CCCO1. The number of rotatable bonds is 4. The van der Waals surface area contributed by atoms with Gasteiger partial charge in [-0.3, -0.25) is 10.4 Å². The van der Waals surface area contributed by atoms with Gasteiger partial charge in [0.05, 0.1) is 17.9 Å². The first-order valence-electron chi connectivity index (χ1n) is 8.52. The maximum Gasteiger partial charge on any atom is 0.177 e. The number of nitrogens with one attached hydrogen (secondary N) is 1. The Kier molecular flexibility index (Phi) is 4.20. The summed E-state index contributed by atoms with van der Waals surface area (Å²) >= 11 is 1.77. The van der Waals surface area contributed by atoms with Gasteiger partial charge in [0.1, 0.15) is 0 Å². The fourth-order valence-electron chi connectivity index (χ4n) is 3.26. The molecule has 1 saturated carbocycles. The first-order valence-corrected chi connectivity index (χ1v) is 9.51. The monoisotopic (exact) mass is 332 g/mol. The number of aromatic nitrogens is 1. The van der Waals surface area contributed by atoms with Crippen LogP contribution in [0, 0.1) is 13.8 Å². The van der Waals surface area contributed by atoms with Gasteiger partial charge >= 0.3 is 0 Å². The Morgan fingerprint density at radius 2 is 2.26 bits per heavy atom. The fraction of sp³-hybridized carbons (Fsp3) is 0.647. The van der Waals surface area contributed by atoms with Crippen LogP contribution in [-0.4, -0.2) is 40.0 Å². The molecular weight excluding hydrogens is 308 g/mol. The summed E-state index contributed by atoms with van der Waals surface area (Å²) in [7, 11) is 0. The lowest BCUT2D eigenvalue weighted by molar-refractivity contribution is 0.0962. The average Bonchev–Trinajstić information content (AvgIpc) is 3.13. The fourth-order valence-corrected chi connectivity index (χ4v) is 4.08. The van der Waals surface area contributed by atoms with Crippen LogP contribution in [-0.2, 0) is 11.3 Å². The molecule has 6 heteroatoms. The zero-order chi connectivity index (χ0) is 15.8. The molecule has 0 bridgehead atoms. The van der Waals surface area contributed by atoms with Crippen molar-refractivity contribution in [3.63, 3.8) is 0 Å². The number of ether oxygens (including phenoxy) is 1. The van der Waals surface area contributed by atoms with E-state index in [0.717, 1.165) is 29.8 Å². The summed E-state index contributed by atoms with van der Waals surface area (Å²) < 4.78 is 8.18. The molecule has 4 rings (SSSR count). The van der Waals surface area contributed by atoms with Crippen LogP contribution in [0.2, 0.25) is 0 Å². The number of hydrazone groups is 1. The summed E-state index contributed by atoms with van der Waals surface area (Å²) in [5.41, 5.74) is 8.10. The van der Waals surface area contributed by atoms with Crippen LogP contribution in [0.3, 0.4) is 0 Å². The van der Waals surface area contributed by atoms with Gasteiger partial charge in [0.2, 0.25) is 0 Å². The normalized spacial score (nSPS) is 26.4. The van der Waals surface area contributed by atoms with Gasteiger partial charge in [0.25, 0.3) is 0 Å². The highest BCUT2D eigenvalue weighted by atomic mass is 32.2. The second-order valence-corrected chi connectivity index (χ2v) is 7.62. The molecule has 23 heavy (non-hydrogen) atoms. The van der Waals surface area contributed by atoms with Crippen molar-refractivity contribution in [3.05, 3.63) is 23.0 Å². The minimum atomic E-state index is 0.366. The highest BCUT2D eigenvalue weighted by molar-refractivity contribution is 8.14. The van der Waals surface area contributed by atoms with E-state index in [1.54, 1.807) is 11.8 Å². The van der Waals surface area contributed by atoms with Crippen molar-refractivity contribution in [1.29, 1.82) is 0 Å². The lowest BCUT2D eigenvalue weighted by atomic mass is 10.1. The predicted molar refractivity (Wildman–Crippen MR) is 95.5 cm³/mol. The third-order valence-electron chi connectivity index (χ3n) is 4.77. The Morgan fingerprint density at radius 3 is 2.91 bits per heavy atom. The molecule has 1 aromatic rings. The lowest BCUT2D eigenvalue weighted by Crippen LogP contribution is -2.26. The van der Waals surface area contributed by atoms with E-state index in [1.807, 2.05) is 0 Å². The van der Waals surface area contributed by atoms with Gasteiger partial charge < -0.3 is 9.30 Å². The minimum Gasteiger partial charge on any atom is -0.376 e. The molecule has 0 amide bonds. The van der Waals surface area contributed by atoms with Crippen LogP contribution < -0.4 is 5.43 Å². The van der Waals surface area contributed by atoms with Crippen molar-refractivity contribution in [1.82, 2.24) is 9.99 Å². The van der Waals surface area contributed by atoms with Gasteiger partial charge in [0, 0.05) is 35.9 Å². The van der Waals surface area contributed by atoms with Crippen molar-refractivity contribution in [2.75, 3.05) is 12.4 Å². The molecule has 1 atom stereocenters. The Morgan fingerprint density at radius 1 is 1.39 bits per heavy atom. The molecule has 1 aromatic heterocycles. The third kappa shape index (κ3) is 3.33. The molecule has 3 aliphatic rings. The van der Waals surface area contributed by atoms with Gasteiger partial charge in [-0.25, -0.2) is 0 Å². The van der Waals surface area contributed by atoms with Crippen molar-refractivity contribution in [3.8, 4) is 0 Å². The van der Waals surface area contributed by atoms with Crippen molar-refractivity contribution >= 4 is 22.6 Å². The molecule has 1 N–H and O–H groups in total. The van der Waals surface area contributed by atoms with E-state index < -0.39 is 0 Å². The molecular formula is C17H24N4OS. The number of nitrogens with zero attached hydrogens (tertiary/aromatic N) is 3. The van der Waals surface area contributed by atoms with E-state index in [-0.39, 0.29) is 0 Å². The maximum absolute atomic E-state index is 5.80. The third-order valence-corrected chi connectivity index (χ3v) is 5.66. The van der Waals surface area contributed by atoms with Gasteiger partial charge in [-0.1, -0.05) is 11.8 Å². The Balaban J connectivity index is 1.51. The number of thioether (sulfide) groups is 1. The van der Waals surface area contributed by atoms with Gasteiger partial charge in [0.15, 0.2) is 5.17 Å². The first-order chi connectivity index (χ1) is 11.2. The summed E-state index contributed by atoms with van der Waals surface area (Å²) in [6.45, 7) is 6.24. The van der Waals surface area contributed by atoms with Crippen LogP contribution in [0.1, 0.15) is 42.6 Å². The lowest BCUT2D eigenvalue weighted by Gasteiger charge is -2.17. The van der Waals surface area contributed by atoms with Gasteiger partial charge in [-0.15, -0.1) is 0 Å². The maximum atomic E-state index is 5.80. The van der Waals surface area contributed by atoms with Crippen LogP contribution in [0.25, 0.3) is 0 Å². The average molecular weight is 332 g/mol. The smallest absolute Gasteiger partial charge is 0.177 e. The topological polar surface area (TPSA) is 50.9 Å². The molecule has 0 aromatic carbocycles. The van der Waals surface area contributed by atoms with Gasteiger partial charge in [-0.05, 0) is 45.6 Å². The molecule has 0 spiro atoms. The van der Waals surface area contributed by atoms with Crippen LogP contribution in [0.5, 0.6) is 0 Å². The van der Waals surface area contributed by atoms with Crippen LogP contribution in [0.4, 0.5) is 0 Å². The number of hydrogen-bond donors (Lipinski definition) is 1. The summed E-state index contributed by atoms with van der Waals surface area (Å²) in [4.78, 5) is 4.63. The molecule has 3 heterocycles. The first kappa shape index (κ1) is 15.3. The highest BCUT2D eigenvalue weighted by Gasteiger charge is 2.24. The number of hydrogen-bond acceptors (Lipinski definition) is 4. The van der Waals surface area contributed by atoms with E-state index >= 15 is 0 Å². The highest BCUT2D eigenvalue weighted by Crippen LogP contribution is 2.27. The van der Waals surface area contributed by atoms with Crippen molar-refractivity contribution in [2.24, 2.45) is 10.1 Å². The number of amidine groups is 1.